The maximum absolute atomic E-state index is 12.7. The highest BCUT2D eigenvalue weighted by Gasteiger charge is 2.30. The number of carbonyl (C=O) groups excluding carboxylic acids is 1. The molecule has 6 heteroatoms. The van der Waals surface area contributed by atoms with Crippen LogP contribution in [0.25, 0.3) is 5.69 Å². The highest BCUT2D eigenvalue weighted by Crippen LogP contribution is 2.30. The van der Waals surface area contributed by atoms with Crippen molar-refractivity contribution in [2.24, 2.45) is 0 Å². The Hall–Kier alpha value is -1.95. The first-order valence-corrected chi connectivity index (χ1v) is 9.17. The lowest BCUT2D eigenvalue weighted by Crippen LogP contribution is -2.47. The summed E-state index contributed by atoms with van der Waals surface area (Å²) in [6.45, 7) is 9.82. The molecule has 1 aliphatic rings. The van der Waals surface area contributed by atoms with Crippen molar-refractivity contribution in [2.75, 3.05) is 24.2 Å². The Morgan fingerprint density at radius 1 is 1.25 bits per heavy atom. The molecular weight excluding hydrogens is 320 g/mol. The molecule has 0 spiro atoms. The molecule has 0 aliphatic carbocycles. The number of hydrogen-bond acceptors (Lipinski definition) is 3. The number of aryl methyl sites for hydroxylation is 1. The number of thioether (sulfide) groups is 1. The summed E-state index contributed by atoms with van der Waals surface area (Å²) in [5.74, 6) is 0.974. The van der Waals surface area contributed by atoms with Crippen LogP contribution in [-0.4, -0.2) is 44.3 Å². The van der Waals surface area contributed by atoms with Crippen LogP contribution in [0.3, 0.4) is 0 Å². The predicted molar refractivity (Wildman–Crippen MR) is 100 cm³/mol. The fraction of sp³-hybridized carbons (Fsp3) is 0.444. The van der Waals surface area contributed by atoms with Crippen molar-refractivity contribution in [2.45, 2.75) is 32.4 Å². The van der Waals surface area contributed by atoms with Crippen molar-refractivity contribution < 1.29 is 4.79 Å². The number of para-hydroxylation sites is 1. The number of anilines is 1. The van der Waals surface area contributed by atoms with Crippen molar-refractivity contribution >= 4 is 23.5 Å². The Balaban J connectivity index is 1.81. The number of amides is 2. The summed E-state index contributed by atoms with van der Waals surface area (Å²) in [6.07, 6.45) is 0. The summed E-state index contributed by atoms with van der Waals surface area (Å²) < 4.78 is 1.98. The van der Waals surface area contributed by atoms with Gasteiger partial charge in [0.1, 0.15) is 0 Å². The Kier molecular flexibility index (Phi) is 4.58. The van der Waals surface area contributed by atoms with Gasteiger partial charge in [-0.05, 0) is 39.8 Å². The molecule has 1 aliphatic heterocycles. The molecule has 1 fully saturated rings. The van der Waals surface area contributed by atoms with E-state index in [-0.39, 0.29) is 10.8 Å². The van der Waals surface area contributed by atoms with E-state index in [1.807, 2.05) is 65.5 Å². The van der Waals surface area contributed by atoms with Crippen LogP contribution in [0.15, 0.2) is 30.3 Å². The molecule has 1 N–H and O–H groups in total. The normalized spacial score (nSPS) is 16.9. The molecule has 1 aromatic heterocycles. The van der Waals surface area contributed by atoms with E-state index >= 15 is 0 Å². The van der Waals surface area contributed by atoms with Crippen LogP contribution in [0.4, 0.5) is 10.5 Å². The number of rotatable bonds is 2. The molecule has 1 aromatic carbocycles. The summed E-state index contributed by atoms with van der Waals surface area (Å²) >= 11 is 1.92. The van der Waals surface area contributed by atoms with E-state index in [1.54, 1.807) is 0 Å². The molecule has 0 bridgehead atoms. The first-order valence-electron chi connectivity index (χ1n) is 8.19. The molecule has 1 saturated heterocycles. The zero-order valence-electron chi connectivity index (χ0n) is 14.7. The minimum atomic E-state index is -0.0396. The summed E-state index contributed by atoms with van der Waals surface area (Å²) in [5.41, 5.74) is 3.57. The van der Waals surface area contributed by atoms with E-state index in [0.29, 0.717) is 0 Å². The largest absolute Gasteiger partial charge is 0.322 e. The van der Waals surface area contributed by atoms with Crippen LogP contribution >= 0.6 is 11.8 Å². The lowest BCUT2D eigenvalue weighted by molar-refractivity contribution is 0.208. The smallest absolute Gasteiger partial charge is 0.322 e. The van der Waals surface area contributed by atoms with Crippen LogP contribution < -0.4 is 5.32 Å². The van der Waals surface area contributed by atoms with Gasteiger partial charge in [0.05, 0.1) is 22.8 Å². The lowest BCUT2D eigenvalue weighted by atomic mass is 10.2. The number of aromatic nitrogens is 2. The second-order valence-corrected chi connectivity index (χ2v) is 8.56. The molecule has 0 radical (unpaired) electrons. The number of carbonyl (C=O) groups is 1. The fourth-order valence-corrected chi connectivity index (χ4v) is 4.13. The molecule has 0 atom stereocenters. The van der Waals surface area contributed by atoms with Gasteiger partial charge < -0.3 is 10.2 Å². The van der Waals surface area contributed by atoms with Gasteiger partial charge in [-0.15, -0.1) is 0 Å². The standard InChI is InChI=1S/C18H24N4OS/c1-13-16(14(2)22(20-13)15-8-6-5-7-9-15)19-17(23)21-10-11-24-18(3,4)12-21/h5-9H,10-12H2,1-4H3,(H,19,23). The Labute approximate surface area is 147 Å². The molecule has 2 aromatic rings. The van der Waals surface area contributed by atoms with E-state index < -0.39 is 0 Å². The molecule has 5 nitrogen and oxygen atoms in total. The summed E-state index contributed by atoms with van der Waals surface area (Å²) in [6, 6.07) is 9.93. The van der Waals surface area contributed by atoms with Gasteiger partial charge in [0.25, 0.3) is 0 Å². The van der Waals surface area contributed by atoms with Gasteiger partial charge >= 0.3 is 6.03 Å². The van der Waals surface area contributed by atoms with Crippen LogP contribution in [0.2, 0.25) is 0 Å². The van der Waals surface area contributed by atoms with Crippen LogP contribution in [0, 0.1) is 13.8 Å². The van der Waals surface area contributed by atoms with E-state index in [9.17, 15) is 4.79 Å². The van der Waals surface area contributed by atoms with Gasteiger partial charge in [-0.2, -0.15) is 16.9 Å². The van der Waals surface area contributed by atoms with E-state index in [4.69, 9.17) is 0 Å². The SMILES string of the molecule is Cc1nn(-c2ccccc2)c(C)c1NC(=O)N1CCSC(C)(C)C1. The minimum absolute atomic E-state index is 0.0396. The van der Waals surface area contributed by atoms with E-state index in [1.165, 1.54) is 0 Å². The van der Waals surface area contributed by atoms with Crippen molar-refractivity contribution in [1.29, 1.82) is 0 Å². The van der Waals surface area contributed by atoms with E-state index in [2.05, 4.69) is 24.3 Å². The topological polar surface area (TPSA) is 50.2 Å². The van der Waals surface area contributed by atoms with Crippen LogP contribution in [0.5, 0.6) is 0 Å². The molecule has 128 valence electrons. The average Bonchev–Trinajstić information content (AvgIpc) is 2.83. The van der Waals surface area contributed by atoms with Crippen molar-refractivity contribution in [3.63, 3.8) is 0 Å². The van der Waals surface area contributed by atoms with Gasteiger partial charge in [0.2, 0.25) is 0 Å². The third-order valence-electron chi connectivity index (χ3n) is 4.24. The first-order chi connectivity index (χ1) is 11.4. The monoisotopic (exact) mass is 344 g/mol. The number of benzene rings is 1. The number of urea groups is 1. The fourth-order valence-electron chi connectivity index (χ4n) is 3.02. The first kappa shape index (κ1) is 16.9. The quantitative estimate of drug-likeness (QED) is 0.900. The summed E-state index contributed by atoms with van der Waals surface area (Å²) in [5, 5.41) is 7.66. The maximum atomic E-state index is 12.7. The molecule has 24 heavy (non-hydrogen) atoms. The maximum Gasteiger partial charge on any atom is 0.322 e. The average molecular weight is 344 g/mol. The van der Waals surface area contributed by atoms with Crippen LogP contribution in [0.1, 0.15) is 25.2 Å². The second kappa shape index (κ2) is 6.51. The van der Waals surface area contributed by atoms with Gasteiger partial charge in [0, 0.05) is 23.6 Å². The van der Waals surface area contributed by atoms with Crippen molar-refractivity contribution in [3.8, 4) is 5.69 Å². The lowest BCUT2D eigenvalue weighted by Gasteiger charge is -2.37. The Morgan fingerprint density at radius 3 is 2.62 bits per heavy atom. The molecule has 0 unspecified atom stereocenters. The van der Waals surface area contributed by atoms with Crippen molar-refractivity contribution in [3.05, 3.63) is 41.7 Å². The van der Waals surface area contributed by atoms with Gasteiger partial charge in [-0.25, -0.2) is 9.48 Å². The number of nitrogens with one attached hydrogen (secondary N) is 1. The Bertz CT molecular complexity index is 739. The second-order valence-electron chi connectivity index (χ2n) is 6.75. The zero-order valence-corrected chi connectivity index (χ0v) is 15.5. The molecule has 3 rings (SSSR count). The molecule has 2 heterocycles. The van der Waals surface area contributed by atoms with Gasteiger partial charge in [-0.1, -0.05) is 18.2 Å². The van der Waals surface area contributed by atoms with Crippen molar-refractivity contribution in [1.82, 2.24) is 14.7 Å². The summed E-state index contributed by atoms with van der Waals surface area (Å²) in [7, 11) is 0. The summed E-state index contributed by atoms with van der Waals surface area (Å²) in [4.78, 5) is 14.6. The third-order valence-corrected chi connectivity index (χ3v) is 5.53. The minimum Gasteiger partial charge on any atom is -0.322 e. The highest BCUT2D eigenvalue weighted by atomic mass is 32.2. The molecular formula is C18H24N4OS. The number of nitrogens with zero attached hydrogens (tertiary/aromatic N) is 3. The predicted octanol–water partition coefficient (Wildman–Crippen LogP) is 3.85. The molecule has 2 amide bonds. The highest BCUT2D eigenvalue weighted by molar-refractivity contribution is 8.00. The Morgan fingerprint density at radius 2 is 1.96 bits per heavy atom. The van der Waals surface area contributed by atoms with Gasteiger partial charge in [0.15, 0.2) is 0 Å². The van der Waals surface area contributed by atoms with E-state index in [0.717, 1.165) is 41.6 Å². The zero-order chi connectivity index (χ0) is 17.3. The third kappa shape index (κ3) is 3.43. The van der Waals surface area contributed by atoms with Crippen LogP contribution in [-0.2, 0) is 0 Å². The van der Waals surface area contributed by atoms with Gasteiger partial charge in [-0.3, -0.25) is 0 Å². The molecule has 0 saturated carbocycles. The number of hydrogen-bond donors (Lipinski definition) is 1.